The van der Waals surface area contributed by atoms with Crippen LogP contribution in [0, 0.1) is 5.92 Å². The van der Waals surface area contributed by atoms with Crippen LogP contribution < -0.4 is 5.32 Å². The van der Waals surface area contributed by atoms with Crippen molar-refractivity contribution in [2.24, 2.45) is 5.92 Å². The van der Waals surface area contributed by atoms with Gasteiger partial charge in [-0.2, -0.15) is 5.10 Å². The number of nitrogens with one attached hydrogen (secondary N) is 2. The Morgan fingerprint density at radius 2 is 2.12 bits per heavy atom. The maximum Gasteiger partial charge on any atom is 0.272 e. The minimum absolute atomic E-state index is 0.0632. The fourth-order valence-electron chi connectivity index (χ4n) is 2.72. The quantitative estimate of drug-likeness (QED) is 0.800. The number of sulfonamides is 1. The molecule has 2 N–H and O–H groups in total. The van der Waals surface area contributed by atoms with Gasteiger partial charge in [-0.15, -0.1) is 0 Å². The number of rotatable bonds is 5. The molecule has 1 fully saturated rings. The molecular weight excluding hydrogens is 332 g/mol. The first-order valence-electron chi connectivity index (χ1n) is 7.60. The lowest BCUT2D eigenvalue weighted by molar-refractivity contribution is 0.0922. The molecule has 3 rings (SSSR count). The first-order valence-corrected chi connectivity index (χ1v) is 9.21. The Morgan fingerprint density at radius 3 is 2.88 bits per heavy atom. The first-order chi connectivity index (χ1) is 11.4. The van der Waals surface area contributed by atoms with Crippen molar-refractivity contribution in [1.29, 1.82) is 0 Å². The number of para-hydroxylation sites is 1. The van der Waals surface area contributed by atoms with Crippen LogP contribution in [0.25, 0.3) is 10.9 Å². The number of amides is 1. The van der Waals surface area contributed by atoms with Gasteiger partial charge in [0.1, 0.15) is 0 Å². The lowest BCUT2D eigenvalue weighted by atomic mass is 10.1. The second kappa shape index (κ2) is 6.50. The number of benzene rings is 1. The maximum absolute atomic E-state index is 12.5. The number of carbonyl (C=O) groups excluding carboxylic acids is 1. The summed E-state index contributed by atoms with van der Waals surface area (Å²) in [5, 5.41) is 10.5. The average Bonchev–Trinajstić information content (AvgIpc) is 3.13. The lowest BCUT2D eigenvalue weighted by Crippen LogP contribution is -2.43. The molecule has 0 saturated carbocycles. The molecule has 1 aromatic heterocycles. The molecule has 8 nitrogen and oxygen atoms in total. The number of aromatic nitrogens is 2. The molecule has 1 amide bonds. The Bertz CT molecular complexity index is 846. The number of carbonyl (C=O) groups is 1. The molecule has 1 aromatic carbocycles. The van der Waals surface area contributed by atoms with Gasteiger partial charge in [-0.05, 0) is 6.07 Å². The van der Waals surface area contributed by atoms with Crippen molar-refractivity contribution in [3.8, 4) is 0 Å². The summed E-state index contributed by atoms with van der Waals surface area (Å²) >= 11 is 0. The zero-order valence-electron chi connectivity index (χ0n) is 13.5. The highest BCUT2D eigenvalue weighted by Gasteiger charge is 2.34. The van der Waals surface area contributed by atoms with Gasteiger partial charge in [0.2, 0.25) is 10.0 Å². The van der Waals surface area contributed by atoms with Crippen LogP contribution in [0.15, 0.2) is 24.3 Å². The third-order valence-electron chi connectivity index (χ3n) is 4.18. The molecule has 2 heterocycles. The fourth-order valence-corrected chi connectivity index (χ4v) is 3.88. The predicted molar refractivity (Wildman–Crippen MR) is 89.1 cm³/mol. The number of H-pyrrole nitrogens is 1. The zero-order valence-corrected chi connectivity index (χ0v) is 14.3. The van der Waals surface area contributed by atoms with Crippen molar-refractivity contribution in [3.63, 3.8) is 0 Å². The van der Waals surface area contributed by atoms with Gasteiger partial charge in [0.05, 0.1) is 30.5 Å². The van der Waals surface area contributed by atoms with Gasteiger partial charge in [0.25, 0.3) is 5.91 Å². The molecule has 1 aliphatic rings. The van der Waals surface area contributed by atoms with Gasteiger partial charge < -0.3 is 10.1 Å². The van der Waals surface area contributed by atoms with E-state index in [9.17, 15) is 13.2 Å². The highest BCUT2D eigenvalue weighted by atomic mass is 32.2. The molecule has 24 heavy (non-hydrogen) atoms. The second-order valence-corrected chi connectivity index (χ2v) is 8.28. The van der Waals surface area contributed by atoms with E-state index in [1.165, 1.54) is 18.4 Å². The standard InChI is InChI=1S/C15H20N4O4S/c1-19(2)24(21,22)9-10-7-23-8-13(10)16-15(20)14-11-5-3-4-6-12(11)17-18-14/h3-6,10,13H,7-9H2,1-2H3,(H,16,20)(H,17,18)/t10-,13-/m0/s1. The van der Waals surface area contributed by atoms with Crippen LogP contribution in [-0.4, -0.2) is 67.9 Å². The number of ether oxygens (including phenoxy) is 1. The van der Waals surface area contributed by atoms with Gasteiger partial charge in [0, 0.05) is 25.4 Å². The van der Waals surface area contributed by atoms with Crippen LogP contribution >= 0.6 is 0 Å². The minimum atomic E-state index is -3.36. The molecule has 2 aromatic rings. The van der Waals surface area contributed by atoms with Crippen LogP contribution in [0.2, 0.25) is 0 Å². The third-order valence-corrected chi connectivity index (χ3v) is 6.14. The number of fused-ring (bicyclic) bond motifs is 1. The number of hydrogen-bond acceptors (Lipinski definition) is 5. The molecule has 0 aliphatic carbocycles. The van der Waals surface area contributed by atoms with E-state index in [1.54, 1.807) is 0 Å². The molecular formula is C15H20N4O4S. The largest absolute Gasteiger partial charge is 0.379 e. The van der Waals surface area contributed by atoms with Crippen molar-refractivity contribution in [3.05, 3.63) is 30.0 Å². The number of nitrogens with zero attached hydrogens (tertiary/aromatic N) is 2. The van der Waals surface area contributed by atoms with E-state index in [0.717, 1.165) is 10.9 Å². The monoisotopic (exact) mass is 352 g/mol. The summed E-state index contributed by atoms with van der Waals surface area (Å²) in [6.45, 7) is 0.598. The highest BCUT2D eigenvalue weighted by Crippen LogP contribution is 2.19. The summed E-state index contributed by atoms with van der Waals surface area (Å²) in [5.41, 5.74) is 1.07. The number of aromatic amines is 1. The predicted octanol–water partition coefficient (Wildman–Crippen LogP) is 0.199. The summed E-state index contributed by atoms with van der Waals surface area (Å²) in [6, 6.07) is 6.98. The first kappa shape index (κ1) is 16.9. The van der Waals surface area contributed by atoms with Crippen LogP contribution in [-0.2, 0) is 14.8 Å². The van der Waals surface area contributed by atoms with Crippen LogP contribution in [0.4, 0.5) is 0 Å². The molecule has 130 valence electrons. The fraction of sp³-hybridized carbons (Fsp3) is 0.467. The SMILES string of the molecule is CN(C)S(=O)(=O)C[C@@H]1COC[C@@H]1NC(=O)c1n[nH]c2ccccc12. The van der Waals surface area contributed by atoms with Gasteiger partial charge in [0.15, 0.2) is 5.69 Å². The van der Waals surface area contributed by atoms with Crippen molar-refractivity contribution >= 4 is 26.8 Å². The molecule has 0 spiro atoms. The van der Waals surface area contributed by atoms with E-state index in [4.69, 9.17) is 4.74 Å². The molecule has 1 saturated heterocycles. The summed E-state index contributed by atoms with van der Waals surface area (Å²) in [7, 11) is -0.369. The smallest absolute Gasteiger partial charge is 0.272 e. The topological polar surface area (TPSA) is 104 Å². The van der Waals surface area contributed by atoms with Crippen molar-refractivity contribution in [2.75, 3.05) is 33.1 Å². The van der Waals surface area contributed by atoms with Gasteiger partial charge in [-0.1, -0.05) is 18.2 Å². The maximum atomic E-state index is 12.5. The summed E-state index contributed by atoms with van der Waals surface area (Å²) in [5.74, 6) is -0.687. The van der Waals surface area contributed by atoms with Gasteiger partial charge >= 0.3 is 0 Å². The summed E-state index contributed by atoms with van der Waals surface area (Å²) in [6.07, 6.45) is 0. The summed E-state index contributed by atoms with van der Waals surface area (Å²) in [4.78, 5) is 12.5. The Kier molecular flexibility index (Phi) is 4.57. The van der Waals surface area contributed by atoms with Crippen molar-refractivity contribution < 1.29 is 17.9 Å². The Labute approximate surface area is 140 Å². The van der Waals surface area contributed by atoms with Gasteiger partial charge in [-0.25, -0.2) is 12.7 Å². The van der Waals surface area contributed by atoms with E-state index in [-0.39, 0.29) is 23.6 Å². The van der Waals surface area contributed by atoms with E-state index >= 15 is 0 Å². The molecule has 1 aliphatic heterocycles. The molecule has 0 unspecified atom stereocenters. The van der Waals surface area contributed by atoms with Crippen LogP contribution in [0.3, 0.4) is 0 Å². The highest BCUT2D eigenvalue weighted by molar-refractivity contribution is 7.89. The van der Waals surface area contributed by atoms with Crippen LogP contribution in [0.1, 0.15) is 10.5 Å². The second-order valence-electron chi connectivity index (χ2n) is 6.06. The van der Waals surface area contributed by atoms with Crippen LogP contribution in [0.5, 0.6) is 0 Å². The molecule has 0 bridgehead atoms. The van der Waals surface area contributed by atoms with E-state index < -0.39 is 10.0 Å². The van der Waals surface area contributed by atoms with E-state index in [0.29, 0.717) is 18.9 Å². The zero-order chi connectivity index (χ0) is 17.3. The Morgan fingerprint density at radius 1 is 1.38 bits per heavy atom. The normalized spacial score (nSPS) is 21.5. The summed E-state index contributed by atoms with van der Waals surface area (Å²) < 4.78 is 30.7. The van der Waals surface area contributed by atoms with Crippen molar-refractivity contribution in [2.45, 2.75) is 6.04 Å². The Hall–Kier alpha value is -1.97. The van der Waals surface area contributed by atoms with Crippen molar-refractivity contribution in [1.82, 2.24) is 19.8 Å². The molecule has 0 radical (unpaired) electrons. The molecule has 2 atom stereocenters. The Balaban J connectivity index is 1.74. The lowest BCUT2D eigenvalue weighted by Gasteiger charge is -2.20. The average molecular weight is 352 g/mol. The van der Waals surface area contributed by atoms with E-state index in [2.05, 4.69) is 15.5 Å². The van der Waals surface area contributed by atoms with Gasteiger partial charge in [-0.3, -0.25) is 9.89 Å². The number of hydrogen-bond donors (Lipinski definition) is 2. The van der Waals surface area contributed by atoms with E-state index in [1.807, 2.05) is 24.3 Å². The molecule has 9 heteroatoms. The minimum Gasteiger partial charge on any atom is -0.379 e. The third kappa shape index (κ3) is 3.28.